The number of ether oxygens (including phenoxy) is 1. The van der Waals surface area contributed by atoms with Gasteiger partial charge in [0.2, 0.25) is 0 Å². The Bertz CT molecular complexity index is 493. The van der Waals surface area contributed by atoms with Gasteiger partial charge in [0.05, 0.1) is 17.1 Å². The smallest absolute Gasteiger partial charge is 0.168 e. The number of hydrogen-bond donors (Lipinski definition) is 1. The van der Waals surface area contributed by atoms with Crippen molar-refractivity contribution in [2.75, 3.05) is 7.11 Å². The number of nitrogens with zero attached hydrogens (tertiary/aromatic N) is 1. The quantitative estimate of drug-likeness (QED) is 0.836. The Morgan fingerprint density at radius 2 is 2.36 bits per heavy atom. The van der Waals surface area contributed by atoms with Crippen molar-refractivity contribution in [2.45, 2.75) is 0 Å². The minimum atomic E-state index is 0.475. The third-order valence-electron chi connectivity index (χ3n) is 1.97. The first-order valence-corrected chi connectivity index (χ1v) is 4.72. The molecule has 1 aromatic carbocycles. The van der Waals surface area contributed by atoms with E-state index in [2.05, 4.69) is 26.1 Å². The highest BCUT2D eigenvalue weighted by molar-refractivity contribution is 9.10. The molecule has 0 spiro atoms. The minimum Gasteiger partial charge on any atom is -0.495 e. The van der Waals surface area contributed by atoms with Crippen LogP contribution >= 0.6 is 15.9 Å². The highest BCUT2D eigenvalue weighted by Gasteiger charge is 2.08. The molecule has 72 valence electrons. The van der Waals surface area contributed by atoms with Crippen LogP contribution in [0.2, 0.25) is 0 Å². The molecule has 0 aliphatic heterocycles. The molecule has 1 N–H and O–H groups in total. The van der Waals surface area contributed by atoms with Crippen molar-refractivity contribution in [1.82, 2.24) is 10.2 Å². The van der Waals surface area contributed by atoms with Crippen molar-refractivity contribution in [3.05, 3.63) is 22.3 Å². The van der Waals surface area contributed by atoms with Crippen LogP contribution in [-0.4, -0.2) is 23.6 Å². The number of hydrogen-bond acceptors (Lipinski definition) is 3. The lowest BCUT2D eigenvalue weighted by atomic mass is 10.2. The number of aldehydes is 1. The summed E-state index contributed by atoms with van der Waals surface area (Å²) in [5.41, 5.74) is 1.19. The number of fused-ring (bicyclic) bond motifs is 1. The molecule has 0 fully saturated rings. The first kappa shape index (κ1) is 9.21. The van der Waals surface area contributed by atoms with Gasteiger partial charge in [0.15, 0.2) is 6.29 Å². The molecule has 4 nitrogen and oxygen atoms in total. The molecule has 0 atom stereocenters. The number of carbonyl (C=O) groups is 1. The first-order valence-electron chi connectivity index (χ1n) is 3.93. The molecule has 0 saturated heterocycles. The summed E-state index contributed by atoms with van der Waals surface area (Å²) < 4.78 is 5.91. The van der Waals surface area contributed by atoms with Gasteiger partial charge < -0.3 is 4.74 Å². The highest BCUT2D eigenvalue weighted by atomic mass is 79.9. The van der Waals surface area contributed by atoms with Gasteiger partial charge in [-0.2, -0.15) is 5.10 Å². The van der Waals surface area contributed by atoms with Crippen molar-refractivity contribution < 1.29 is 9.53 Å². The summed E-state index contributed by atoms with van der Waals surface area (Å²) in [4.78, 5) is 10.6. The number of H-pyrrole nitrogens is 1. The van der Waals surface area contributed by atoms with E-state index in [-0.39, 0.29) is 0 Å². The van der Waals surface area contributed by atoms with E-state index >= 15 is 0 Å². The Labute approximate surface area is 88.4 Å². The number of carbonyl (C=O) groups excluding carboxylic acids is 1. The predicted octanol–water partition coefficient (Wildman–Crippen LogP) is 2.15. The fourth-order valence-electron chi connectivity index (χ4n) is 1.28. The Kier molecular flexibility index (Phi) is 2.25. The Balaban J connectivity index is 2.75. The predicted molar refractivity (Wildman–Crippen MR) is 55.7 cm³/mol. The Morgan fingerprint density at radius 3 is 3.00 bits per heavy atom. The van der Waals surface area contributed by atoms with Gasteiger partial charge in [-0.1, -0.05) is 0 Å². The van der Waals surface area contributed by atoms with Crippen LogP contribution in [0.15, 0.2) is 16.6 Å². The van der Waals surface area contributed by atoms with Gasteiger partial charge in [-0.05, 0) is 22.0 Å². The van der Waals surface area contributed by atoms with E-state index < -0.39 is 0 Å². The summed E-state index contributed by atoms with van der Waals surface area (Å²) in [5, 5.41) is 7.41. The van der Waals surface area contributed by atoms with Gasteiger partial charge in [-0.15, -0.1) is 0 Å². The van der Waals surface area contributed by atoms with Crippen LogP contribution in [0.1, 0.15) is 10.5 Å². The van der Waals surface area contributed by atoms with Gasteiger partial charge in [-0.25, -0.2) is 0 Å². The maximum atomic E-state index is 10.6. The lowest BCUT2D eigenvalue weighted by Gasteiger charge is -2.01. The van der Waals surface area contributed by atoms with E-state index in [0.717, 1.165) is 16.1 Å². The number of halogens is 1. The lowest BCUT2D eigenvalue weighted by molar-refractivity contribution is 0.112. The fourth-order valence-corrected chi connectivity index (χ4v) is 1.78. The molecule has 1 aromatic heterocycles. The molecule has 5 heteroatoms. The van der Waals surface area contributed by atoms with Crippen LogP contribution in [0.3, 0.4) is 0 Å². The summed E-state index contributed by atoms with van der Waals surface area (Å²) in [6.07, 6.45) is 0.744. The van der Waals surface area contributed by atoms with E-state index in [9.17, 15) is 4.79 Å². The highest BCUT2D eigenvalue weighted by Crippen LogP contribution is 2.30. The molecule has 14 heavy (non-hydrogen) atoms. The monoisotopic (exact) mass is 254 g/mol. The number of nitrogens with one attached hydrogen (secondary N) is 1. The Hall–Kier alpha value is -1.36. The van der Waals surface area contributed by atoms with E-state index in [1.54, 1.807) is 19.2 Å². The standard InChI is InChI=1S/C9H7BrN2O2/c1-14-9-3-7-5(2-6(9)10)8(4-13)12-11-7/h2-4H,1H3,(H,11,12). The number of aromatic amines is 1. The maximum absolute atomic E-state index is 10.6. The van der Waals surface area contributed by atoms with Gasteiger partial charge in [0.1, 0.15) is 11.4 Å². The van der Waals surface area contributed by atoms with Crippen LogP contribution < -0.4 is 4.74 Å². The van der Waals surface area contributed by atoms with Crippen molar-refractivity contribution in [1.29, 1.82) is 0 Å². The largest absolute Gasteiger partial charge is 0.495 e. The molecule has 0 bridgehead atoms. The molecule has 0 aliphatic carbocycles. The summed E-state index contributed by atoms with van der Waals surface area (Å²) in [5.74, 6) is 0.696. The van der Waals surface area contributed by atoms with Crippen LogP contribution in [-0.2, 0) is 0 Å². The van der Waals surface area contributed by atoms with Gasteiger partial charge in [-0.3, -0.25) is 9.89 Å². The first-order chi connectivity index (χ1) is 6.76. The van der Waals surface area contributed by atoms with Crippen LogP contribution in [0.4, 0.5) is 0 Å². The second-order valence-corrected chi connectivity index (χ2v) is 3.61. The second-order valence-electron chi connectivity index (χ2n) is 2.76. The molecular weight excluding hydrogens is 248 g/mol. The lowest BCUT2D eigenvalue weighted by Crippen LogP contribution is -1.84. The normalized spacial score (nSPS) is 10.4. The van der Waals surface area contributed by atoms with Crippen molar-refractivity contribution in [2.24, 2.45) is 0 Å². The van der Waals surface area contributed by atoms with E-state index in [1.165, 1.54) is 0 Å². The zero-order chi connectivity index (χ0) is 10.1. The second kappa shape index (κ2) is 3.42. The van der Waals surface area contributed by atoms with E-state index in [4.69, 9.17) is 4.74 Å². The average molecular weight is 255 g/mol. The zero-order valence-electron chi connectivity index (χ0n) is 7.37. The third-order valence-corrected chi connectivity index (χ3v) is 2.59. The van der Waals surface area contributed by atoms with Crippen LogP contribution in [0.25, 0.3) is 10.9 Å². The summed E-state index contributed by atoms with van der Waals surface area (Å²) >= 11 is 3.34. The van der Waals surface area contributed by atoms with Crippen LogP contribution in [0, 0.1) is 0 Å². The number of rotatable bonds is 2. The van der Waals surface area contributed by atoms with E-state index in [1.807, 2.05) is 0 Å². The molecular formula is C9H7BrN2O2. The molecule has 0 aliphatic rings. The van der Waals surface area contributed by atoms with Crippen molar-refractivity contribution in [3.63, 3.8) is 0 Å². The Morgan fingerprint density at radius 1 is 1.57 bits per heavy atom. The molecule has 0 unspecified atom stereocenters. The van der Waals surface area contributed by atoms with Crippen molar-refractivity contribution in [3.8, 4) is 5.75 Å². The molecule has 0 radical (unpaired) electrons. The number of aromatic nitrogens is 2. The van der Waals surface area contributed by atoms with Gasteiger partial charge in [0, 0.05) is 11.5 Å². The van der Waals surface area contributed by atoms with Crippen LogP contribution in [0.5, 0.6) is 5.75 Å². The molecule has 2 rings (SSSR count). The molecule has 1 heterocycles. The fraction of sp³-hybridized carbons (Fsp3) is 0.111. The summed E-state index contributed by atoms with van der Waals surface area (Å²) in [7, 11) is 1.58. The minimum absolute atomic E-state index is 0.475. The van der Waals surface area contributed by atoms with Crippen molar-refractivity contribution >= 4 is 33.1 Å². The average Bonchev–Trinajstić information content (AvgIpc) is 2.58. The van der Waals surface area contributed by atoms with Gasteiger partial charge in [0.25, 0.3) is 0 Å². The molecule has 0 amide bonds. The van der Waals surface area contributed by atoms with E-state index in [0.29, 0.717) is 17.0 Å². The number of methoxy groups -OCH3 is 1. The third kappa shape index (κ3) is 1.29. The topological polar surface area (TPSA) is 55.0 Å². The SMILES string of the molecule is COc1cc2n[nH]c(C=O)c2cc1Br. The van der Waals surface area contributed by atoms with Gasteiger partial charge >= 0.3 is 0 Å². The maximum Gasteiger partial charge on any atom is 0.168 e. The molecule has 0 saturated carbocycles. The molecule has 2 aromatic rings. The zero-order valence-corrected chi connectivity index (χ0v) is 8.96. The summed E-state index contributed by atoms with van der Waals surface area (Å²) in [6, 6.07) is 3.57. The summed E-state index contributed by atoms with van der Waals surface area (Å²) in [6.45, 7) is 0. The number of benzene rings is 1.